The molecule has 0 aromatic carbocycles. The Kier molecular flexibility index (Phi) is 8.15. The highest BCUT2D eigenvalue weighted by molar-refractivity contribution is 14.0. The average Bonchev–Trinajstić information content (AvgIpc) is 3.07. The maximum absolute atomic E-state index is 10.1. The summed E-state index contributed by atoms with van der Waals surface area (Å²) in [7, 11) is 3.50. The normalized spacial score (nSPS) is 12.6. The summed E-state index contributed by atoms with van der Waals surface area (Å²) >= 11 is 7.41. The number of rotatable bonds is 5. The van der Waals surface area contributed by atoms with Gasteiger partial charge in [0.1, 0.15) is 0 Å². The van der Waals surface area contributed by atoms with Crippen LogP contribution in [0.2, 0.25) is 4.34 Å². The number of halogens is 2. The molecule has 0 radical (unpaired) electrons. The summed E-state index contributed by atoms with van der Waals surface area (Å²) < 4.78 is 2.42. The Bertz CT molecular complexity index is 615. The molecule has 122 valence electrons. The molecule has 2 aromatic rings. The molecule has 0 bridgehead atoms. The van der Waals surface area contributed by atoms with Crippen molar-refractivity contribution in [2.45, 2.75) is 12.6 Å². The minimum Gasteiger partial charge on any atom is -0.386 e. The molecule has 9 heteroatoms. The van der Waals surface area contributed by atoms with E-state index in [9.17, 15) is 5.11 Å². The number of aromatic nitrogens is 2. The lowest BCUT2D eigenvalue weighted by molar-refractivity contribution is 0.180. The van der Waals surface area contributed by atoms with Crippen molar-refractivity contribution in [1.82, 2.24) is 20.4 Å². The Hall–Kier alpha value is -0.840. The molecule has 6 nitrogen and oxygen atoms in total. The third-order valence-corrected chi connectivity index (χ3v) is 4.09. The van der Waals surface area contributed by atoms with Gasteiger partial charge in [-0.1, -0.05) is 11.6 Å². The van der Waals surface area contributed by atoms with Crippen LogP contribution >= 0.6 is 46.9 Å². The van der Waals surface area contributed by atoms with E-state index in [0.717, 1.165) is 14.8 Å². The maximum atomic E-state index is 10.1. The van der Waals surface area contributed by atoms with Crippen molar-refractivity contribution < 1.29 is 5.11 Å². The zero-order valence-corrected chi connectivity index (χ0v) is 16.2. The third kappa shape index (κ3) is 5.75. The molecule has 0 saturated heterocycles. The minimum absolute atomic E-state index is 0. The molecule has 0 aliphatic carbocycles. The number of nitrogens with one attached hydrogen (secondary N) is 2. The van der Waals surface area contributed by atoms with Gasteiger partial charge >= 0.3 is 0 Å². The van der Waals surface area contributed by atoms with Crippen LogP contribution in [0.4, 0.5) is 0 Å². The van der Waals surface area contributed by atoms with E-state index in [1.54, 1.807) is 24.1 Å². The summed E-state index contributed by atoms with van der Waals surface area (Å²) in [6, 6.07) is 3.84. The Labute approximate surface area is 155 Å². The molecule has 0 fully saturated rings. The first-order chi connectivity index (χ1) is 10.1. The summed E-state index contributed by atoms with van der Waals surface area (Å²) in [5, 5.41) is 20.3. The molecule has 2 aromatic heterocycles. The summed E-state index contributed by atoms with van der Waals surface area (Å²) in [6.07, 6.45) is 2.81. The molecule has 2 heterocycles. The Balaban J connectivity index is 0.00000242. The number of guanidine groups is 1. The fourth-order valence-electron chi connectivity index (χ4n) is 1.76. The van der Waals surface area contributed by atoms with E-state index >= 15 is 0 Å². The van der Waals surface area contributed by atoms with E-state index < -0.39 is 6.10 Å². The fourth-order valence-corrected chi connectivity index (χ4v) is 2.79. The number of thiophene rings is 1. The lowest BCUT2D eigenvalue weighted by Crippen LogP contribution is -2.38. The molecule has 0 aliphatic heterocycles. The van der Waals surface area contributed by atoms with Crippen molar-refractivity contribution in [2.24, 2.45) is 12.0 Å². The zero-order chi connectivity index (χ0) is 15.2. The first kappa shape index (κ1) is 19.2. The van der Waals surface area contributed by atoms with Crippen molar-refractivity contribution in [1.29, 1.82) is 0 Å². The number of aliphatic hydroxyl groups excluding tert-OH is 1. The van der Waals surface area contributed by atoms with Crippen LogP contribution < -0.4 is 10.6 Å². The van der Waals surface area contributed by atoms with Gasteiger partial charge in [0.2, 0.25) is 0 Å². The highest BCUT2D eigenvalue weighted by Crippen LogP contribution is 2.20. The minimum atomic E-state index is -0.631. The van der Waals surface area contributed by atoms with Crippen molar-refractivity contribution in [3.8, 4) is 0 Å². The summed E-state index contributed by atoms with van der Waals surface area (Å²) in [5.41, 5.74) is 0.769. The molecule has 1 unspecified atom stereocenters. The number of aliphatic imine (C=N–C) groups is 1. The van der Waals surface area contributed by atoms with E-state index in [2.05, 4.69) is 20.7 Å². The Morgan fingerprint density at radius 2 is 2.27 bits per heavy atom. The van der Waals surface area contributed by atoms with Gasteiger partial charge in [-0.25, -0.2) is 0 Å². The standard InChI is InChI=1S/C13H18ClN5OS.HI/c1-15-13(16-6-10-3-4-12(14)21-10)17-7-11(20)9-5-18-19(2)8-9;/h3-5,8,11,20H,6-7H2,1-2H3,(H2,15,16,17);1H. The monoisotopic (exact) mass is 455 g/mol. The smallest absolute Gasteiger partial charge is 0.191 e. The van der Waals surface area contributed by atoms with Crippen LogP contribution in [0.15, 0.2) is 29.5 Å². The van der Waals surface area contributed by atoms with Gasteiger partial charge in [0.05, 0.1) is 23.2 Å². The van der Waals surface area contributed by atoms with Gasteiger partial charge in [-0.3, -0.25) is 9.67 Å². The van der Waals surface area contributed by atoms with Crippen LogP contribution in [0.25, 0.3) is 0 Å². The maximum Gasteiger partial charge on any atom is 0.191 e. The number of aliphatic hydroxyl groups is 1. The Morgan fingerprint density at radius 3 is 2.82 bits per heavy atom. The second-order valence-corrected chi connectivity index (χ2v) is 6.28. The molecule has 3 N–H and O–H groups in total. The summed E-state index contributed by atoms with van der Waals surface area (Å²) in [5.74, 6) is 0.627. The average molecular weight is 456 g/mol. The number of hydrogen-bond donors (Lipinski definition) is 3. The number of hydrogen-bond acceptors (Lipinski definition) is 4. The zero-order valence-electron chi connectivity index (χ0n) is 12.3. The SMILES string of the molecule is CN=C(NCc1ccc(Cl)s1)NCC(O)c1cnn(C)c1.I. The van der Waals surface area contributed by atoms with Crippen molar-refractivity contribution >= 4 is 52.9 Å². The van der Waals surface area contributed by atoms with E-state index in [-0.39, 0.29) is 24.0 Å². The molecule has 0 spiro atoms. The molecule has 2 rings (SSSR count). The highest BCUT2D eigenvalue weighted by Gasteiger charge is 2.10. The highest BCUT2D eigenvalue weighted by atomic mass is 127. The van der Waals surface area contributed by atoms with Crippen LogP contribution in [0, 0.1) is 0 Å². The summed E-state index contributed by atoms with van der Waals surface area (Å²) in [6.45, 7) is 0.997. The molecule has 0 amide bonds. The Morgan fingerprint density at radius 1 is 1.50 bits per heavy atom. The lowest BCUT2D eigenvalue weighted by atomic mass is 10.2. The van der Waals surface area contributed by atoms with E-state index in [1.165, 1.54) is 11.3 Å². The topological polar surface area (TPSA) is 74.5 Å². The van der Waals surface area contributed by atoms with Crippen molar-refractivity contribution in [3.63, 3.8) is 0 Å². The van der Waals surface area contributed by atoms with Crippen LogP contribution in [0.5, 0.6) is 0 Å². The van der Waals surface area contributed by atoms with E-state index in [4.69, 9.17) is 11.6 Å². The molecule has 0 saturated carbocycles. The quantitative estimate of drug-likeness (QED) is 0.367. The second-order valence-electron chi connectivity index (χ2n) is 4.48. The van der Waals surface area contributed by atoms with Crippen LogP contribution in [-0.2, 0) is 13.6 Å². The number of aryl methyl sites for hydroxylation is 1. The van der Waals surface area contributed by atoms with Gasteiger partial charge < -0.3 is 15.7 Å². The molecule has 0 aliphatic rings. The predicted molar refractivity (Wildman–Crippen MR) is 101 cm³/mol. The van der Waals surface area contributed by atoms with Gasteiger partial charge in [0.15, 0.2) is 5.96 Å². The van der Waals surface area contributed by atoms with Crippen LogP contribution in [0.1, 0.15) is 16.5 Å². The molecule has 22 heavy (non-hydrogen) atoms. The van der Waals surface area contributed by atoms with E-state index in [0.29, 0.717) is 19.0 Å². The third-order valence-electron chi connectivity index (χ3n) is 2.86. The fraction of sp³-hybridized carbons (Fsp3) is 0.385. The van der Waals surface area contributed by atoms with Crippen molar-refractivity contribution in [2.75, 3.05) is 13.6 Å². The second kappa shape index (κ2) is 9.33. The van der Waals surface area contributed by atoms with E-state index in [1.807, 2.05) is 19.2 Å². The van der Waals surface area contributed by atoms with Crippen molar-refractivity contribution in [3.05, 3.63) is 39.3 Å². The lowest BCUT2D eigenvalue weighted by Gasteiger charge is -2.14. The van der Waals surface area contributed by atoms with Gasteiger partial charge in [0.25, 0.3) is 0 Å². The van der Waals surface area contributed by atoms with Gasteiger partial charge in [-0.15, -0.1) is 35.3 Å². The molecular weight excluding hydrogens is 437 g/mol. The molecular formula is C13H19ClIN5OS. The van der Waals surface area contributed by atoms with Gasteiger partial charge in [0, 0.05) is 37.3 Å². The van der Waals surface area contributed by atoms with Crippen LogP contribution in [-0.4, -0.2) is 34.4 Å². The first-order valence-electron chi connectivity index (χ1n) is 6.44. The number of nitrogens with zero attached hydrogens (tertiary/aromatic N) is 3. The summed E-state index contributed by atoms with van der Waals surface area (Å²) in [4.78, 5) is 5.24. The largest absolute Gasteiger partial charge is 0.386 e. The molecule has 1 atom stereocenters. The van der Waals surface area contributed by atoms with Gasteiger partial charge in [-0.2, -0.15) is 5.10 Å². The van der Waals surface area contributed by atoms with Gasteiger partial charge in [-0.05, 0) is 12.1 Å². The first-order valence-corrected chi connectivity index (χ1v) is 7.63. The predicted octanol–water partition coefficient (Wildman–Crippen LogP) is 2.15. The van der Waals surface area contributed by atoms with Crippen LogP contribution in [0.3, 0.4) is 0 Å².